The Kier molecular flexibility index (Phi) is 5.69. The second-order valence-electron chi connectivity index (χ2n) is 5.69. The maximum atomic E-state index is 14.1. The molecule has 5 nitrogen and oxygen atoms in total. The number of ether oxygens (including phenoxy) is 1. The van der Waals surface area contributed by atoms with Crippen LogP contribution in [0.5, 0.6) is 5.75 Å². The van der Waals surface area contributed by atoms with E-state index < -0.39 is 17.5 Å². The number of halogens is 2. The lowest BCUT2D eigenvalue weighted by Crippen LogP contribution is -2.27. The zero-order valence-electron chi connectivity index (χ0n) is 14.1. The molecular weight excluding hydrogens is 330 g/mol. The molecule has 0 unspecified atom stereocenters. The van der Waals surface area contributed by atoms with Crippen LogP contribution in [0.4, 0.5) is 14.5 Å². The number of aryl methyl sites for hydroxylation is 1. The van der Waals surface area contributed by atoms with E-state index in [1.807, 2.05) is 0 Å². The van der Waals surface area contributed by atoms with Gasteiger partial charge in [0.05, 0.1) is 5.69 Å². The number of nitrogens with one attached hydrogen (secondary N) is 1. The Hall–Kier alpha value is -2.96. The van der Waals surface area contributed by atoms with Crippen LogP contribution in [-0.4, -0.2) is 37.4 Å². The topological polar surface area (TPSA) is 58.6 Å². The van der Waals surface area contributed by atoms with Gasteiger partial charge in [0.25, 0.3) is 11.8 Å². The van der Waals surface area contributed by atoms with Gasteiger partial charge in [-0.25, -0.2) is 8.78 Å². The van der Waals surface area contributed by atoms with E-state index in [1.54, 1.807) is 21.0 Å². The Bertz CT molecular complexity index is 787. The average molecular weight is 348 g/mol. The van der Waals surface area contributed by atoms with E-state index in [0.29, 0.717) is 5.56 Å². The second-order valence-corrected chi connectivity index (χ2v) is 5.69. The molecule has 0 fully saturated rings. The molecule has 2 rings (SSSR count). The predicted molar refractivity (Wildman–Crippen MR) is 89.7 cm³/mol. The number of nitrogens with zero attached hydrogens (tertiary/aromatic N) is 1. The first-order valence-electron chi connectivity index (χ1n) is 7.47. The Labute approximate surface area is 144 Å². The first-order valence-corrected chi connectivity index (χ1v) is 7.47. The fraction of sp³-hybridized carbons (Fsp3) is 0.222. The Balaban J connectivity index is 2.07. The van der Waals surface area contributed by atoms with Gasteiger partial charge in [-0.1, -0.05) is 0 Å². The predicted octanol–water partition coefficient (Wildman–Crippen LogP) is 2.99. The van der Waals surface area contributed by atoms with Gasteiger partial charge in [-0.05, 0) is 42.8 Å². The zero-order chi connectivity index (χ0) is 18.6. The van der Waals surface area contributed by atoms with Crippen molar-refractivity contribution in [3.8, 4) is 5.75 Å². The standard InChI is InChI=1S/C18H18F2N2O3/c1-11-6-12(8-13(19)7-11)18(24)21-16-5-4-14(9-15(16)20)25-10-17(23)22(2)3/h4-9H,10H2,1-3H3,(H,21,24). The monoisotopic (exact) mass is 348 g/mol. The smallest absolute Gasteiger partial charge is 0.259 e. The van der Waals surface area contributed by atoms with E-state index in [1.165, 1.54) is 29.2 Å². The molecule has 2 aromatic carbocycles. The SMILES string of the molecule is Cc1cc(F)cc(C(=O)Nc2ccc(OCC(=O)N(C)C)cc2F)c1. The van der Waals surface area contributed by atoms with Crippen molar-refractivity contribution in [2.75, 3.05) is 26.0 Å². The highest BCUT2D eigenvalue weighted by atomic mass is 19.1. The third-order valence-electron chi connectivity index (χ3n) is 3.35. The van der Waals surface area contributed by atoms with Crippen molar-refractivity contribution in [3.63, 3.8) is 0 Å². The lowest BCUT2D eigenvalue weighted by Gasteiger charge is -2.12. The van der Waals surface area contributed by atoms with Crippen molar-refractivity contribution >= 4 is 17.5 Å². The van der Waals surface area contributed by atoms with Crippen molar-refractivity contribution < 1.29 is 23.1 Å². The highest BCUT2D eigenvalue weighted by Crippen LogP contribution is 2.21. The van der Waals surface area contributed by atoms with Crippen LogP contribution in [0.15, 0.2) is 36.4 Å². The van der Waals surface area contributed by atoms with Crippen molar-refractivity contribution in [2.24, 2.45) is 0 Å². The maximum Gasteiger partial charge on any atom is 0.259 e. The molecule has 0 aromatic heterocycles. The number of carbonyl (C=O) groups excluding carboxylic acids is 2. The van der Waals surface area contributed by atoms with Gasteiger partial charge in [0.1, 0.15) is 17.4 Å². The van der Waals surface area contributed by atoms with Gasteiger partial charge in [-0.15, -0.1) is 0 Å². The lowest BCUT2D eigenvalue weighted by molar-refractivity contribution is -0.130. The molecule has 0 saturated heterocycles. The summed E-state index contributed by atoms with van der Waals surface area (Å²) in [6.45, 7) is 1.43. The highest BCUT2D eigenvalue weighted by Gasteiger charge is 2.12. The van der Waals surface area contributed by atoms with Gasteiger partial charge in [0.2, 0.25) is 0 Å². The van der Waals surface area contributed by atoms with E-state index in [9.17, 15) is 18.4 Å². The molecule has 7 heteroatoms. The number of hydrogen-bond donors (Lipinski definition) is 1. The molecule has 0 heterocycles. The summed E-state index contributed by atoms with van der Waals surface area (Å²) in [6.07, 6.45) is 0. The quantitative estimate of drug-likeness (QED) is 0.904. The minimum absolute atomic E-state index is 0.0711. The zero-order valence-corrected chi connectivity index (χ0v) is 14.1. The van der Waals surface area contributed by atoms with Crippen LogP contribution in [-0.2, 0) is 4.79 Å². The minimum atomic E-state index is -0.726. The second kappa shape index (κ2) is 7.74. The first-order chi connectivity index (χ1) is 11.8. The van der Waals surface area contributed by atoms with Crippen LogP contribution in [0.1, 0.15) is 15.9 Å². The van der Waals surface area contributed by atoms with Crippen LogP contribution in [0.3, 0.4) is 0 Å². The number of anilines is 1. The van der Waals surface area contributed by atoms with E-state index in [2.05, 4.69) is 5.32 Å². The molecule has 1 N–H and O–H groups in total. The largest absolute Gasteiger partial charge is 0.484 e. The van der Waals surface area contributed by atoms with Gasteiger partial charge in [-0.2, -0.15) is 0 Å². The Morgan fingerprint density at radius 2 is 1.84 bits per heavy atom. The number of rotatable bonds is 5. The summed E-state index contributed by atoms with van der Waals surface area (Å²) in [5.41, 5.74) is 0.604. The number of amides is 2. The highest BCUT2D eigenvalue weighted by molar-refractivity contribution is 6.04. The molecule has 0 saturated carbocycles. The summed E-state index contributed by atoms with van der Waals surface area (Å²) < 4.78 is 32.7. The van der Waals surface area contributed by atoms with E-state index in [-0.39, 0.29) is 29.5 Å². The van der Waals surface area contributed by atoms with Crippen LogP contribution in [0.25, 0.3) is 0 Å². The third kappa shape index (κ3) is 5.00. The van der Waals surface area contributed by atoms with E-state index in [4.69, 9.17) is 4.74 Å². The molecule has 0 atom stereocenters. The Morgan fingerprint density at radius 3 is 2.44 bits per heavy atom. The fourth-order valence-corrected chi connectivity index (χ4v) is 2.02. The number of likely N-dealkylation sites (N-methyl/N-ethyl adjacent to an activating group) is 1. The third-order valence-corrected chi connectivity index (χ3v) is 3.35. The van der Waals surface area contributed by atoms with Crippen molar-refractivity contribution in [3.05, 3.63) is 59.2 Å². The lowest BCUT2D eigenvalue weighted by atomic mass is 10.1. The fourth-order valence-electron chi connectivity index (χ4n) is 2.02. The number of carbonyl (C=O) groups is 2. The summed E-state index contributed by atoms with van der Waals surface area (Å²) in [6, 6.07) is 7.67. The molecular formula is C18H18F2N2O3. The molecule has 0 aliphatic carbocycles. The molecule has 2 aromatic rings. The van der Waals surface area contributed by atoms with Gasteiger partial charge in [-0.3, -0.25) is 9.59 Å². The minimum Gasteiger partial charge on any atom is -0.484 e. The molecule has 2 amide bonds. The summed E-state index contributed by atoms with van der Waals surface area (Å²) in [7, 11) is 3.16. The summed E-state index contributed by atoms with van der Waals surface area (Å²) in [5.74, 6) is -2.00. The van der Waals surface area contributed by atoms with Crippen LogP contribution < -0.4 is 10.1 Å². The summed E-state index contributed by atoms with van der Waals surface area (Å²) >= 11 is 0. The van der Waals surface area contributed by atoms with Gasteiger partial charge < -0.3 is 15.0 Å². The average Bonchev–Trinajstić information content (AvgIpc) is 2.53. The molecule has 0 bridgehead atoms. The first kappa shape index (κ1) is 18.4. The summed E-state index contributed by atoms with van der Waals surface area (Å²) in [5, 5.41) is 2.38. The van der Waals surface area contributed by atoms with Crippen LogP contribution in [0, 0.1) is 18.6 Å². The molecule has 0 radical (unpaired) electrons. The maximum absolute atomic E-state index is 14.1. The van der Waals surface area contributed by atoms with Crippen LogP contribution >= 0.6 is 0 Å². The molecule has 0 spiro atoms. The normalized spacial score (nSPS) is 10.3. The summed E-state index contributed by atoms with van der Waals surface area (Å²) in [4.78, 5) is 24.9. The molecule has 0 aliphatic heterocycles. The van der Waals surface area contributed by atoms with Gasteiger partial charge in [0.15, 0.2) is 6.61 Å². The van der Waals surface area contributed by atoms with E-state index >= 15 is 0 Å². The van der Waals surface area contributed by atoms with Crippen molar-refractivity contribution in [1.82, 2.24) is 4.90 Å². The van der Waals surface area contributed by atoms with Crippen LogP contribution in [0.2, 0.25) is 0 Å². The van der Waals surface area contributed by atoms with Crippen molar-refractivity contribution in [1.29, 1.82) is 0 Å². The van der Waals surface area contributed by atoms with Crippen molar-refractivity contribution in [2.45, 2.75) is 6.92 Å². The molecule has 132 valence electrons. The number of hydrogen-bond acceptors (Lipinski definition) is 3. The number of benzene rings is 2. The van der Waals surface area contributed by atoms with E-state index in [0.717, 1.165) is 12.1 Å². The van der Waals surface area contributed by atoms with Gasteiger partial charge in [0, 0.05) is 25.7 Å². The molecule has 0 aliphatic rings. The van der Waals surface area contributed by atoms with Gasteiger partial charge >= 0.3 is 0 Å². The Morgan fingerprint density at radius 1 is 1.12 bits per heavy atom. The molecule has 25 heavy (non-hydrogen) atoms.